The molecule has 2 aromatic rings. The van der Waals surface area contributed by atoms with Gasteiger partial charge in [0.2, 0.25) is 0 Å². The quantitative estimate of drug-likeness (QED) is 0.915. The topological polar surface area (TPSA) is 54.2 Å². The van der Waals surface area contributed by atoms with Gasteiger partial charge in [0.15, 0.2) is 0 Å². The first-order valence-corrected chi connectivity index (χ1v) is 9.12. The molecular formula is C19H26N4O. The van der Waals surface area contributed by atoms with Crippen molar-refractivity contribution in [3.05, 3.63) is 46.6 Å². The van der Waals surface area contributed by atoms with Crippen LogP contribution in [0, 0.1) is 6.92 Å². The smallest absolute Gasteiger partial charge is 0.140 e. The van der Waals surface area contributed by atoms with Crippen LogP contribution in [0.5, 0.6) is 0 Å². The van der Waals surface area contributed by atoms with Crippen molar-refractivity contribution in [2.45, 2.75) is 58.2 Å². The van der Waals surface area contributed by atoms with E-state index in [2.05, 4.69) is 32.5 Å². The molecular weight excluding hydrogens is 300 g/mol. The molecule has 1 unspecified atom stereocenters. The minimum atomic E-state index is 0.483. The molecule has 4 rings (SSSR count). The Labute approximate surface area is 143 Å². The van der Waals surface area contributed by atoms with Gasteiger partial charge in [-0.3, -0.25) is 9.88 Å². The minimum absolute atomic E-state index is 0.483. The summed E-state index contributed by atoms with van der Waals surface area (Å²) in [5.74, 6) is 1.11. The normalized spacial score (nSPS) is 21.1. The highest BCUT2D eigenvalue weighted by Crippen LogP contribution is 2.26. The van der Waals surface area contributed by atoms with Crippen LogP contribution in [-0.2, 0) is 25.9 Å². The van der Waals surface area contributed by atoms with E-state index >= 15 is 0 Å². The number of pyridine rings is 1. The fourth-order valence-electron chi connectivity index (χ4n) is 3.86. The minimum Gasteiger partial charge on any atom is -0.361 e. The van der Waals surface area contributed by atoms with E-state index < -0.39 is 0 Å². The van der Waals surface area contributed by atoms with E-state index in [0.717, 1.165) is 55.2 Å². The predicted molar refractivity (Wildman–Crippen MR) is 92.6 cm³/mol. The molecule has 1 atom stereocenters. The van der Waals surface area contributed by atoms with Crippen molar-refractivity contribution in [2.75, 3.05) is 13.1 Å². The molecule has 5 nitrogen and oxygen atoms in total. The van der Waals surface area contributed by atoms with E-state index in [1.165, 1.54) is 31.5 Å². The van der Waals surface area contributed by atoms with E-state index in [1.807, 2.05) is 13.0 Å². The largest absolute Gasteiger partial charge is 0.361 e. The maximum atomic E-state index is 5.61. The molecule has 0 radical (unpaired) electrons. The maximum Gasteiger partial charge on any atom is 0.140 e. The molecule has 0 amide bonds. The molecule has 1 aliphatic carbocycles. The highest BCUT2D eigenvalue weighted by atomic mass is 16.5. The summed E-state index contributed by atoms with van der Waals surface area (Å²) >= 11 is 0. The lowest BCUT2D eigenvalue weighted by atomic mass is 9.92. The summed E-state index contributed by atoms with van der Waals surface area (Å²) in [5.41, 5.74) is 4.70. The third kappa shape index (κ3) is 3.52. The number of rotatable bonds is 5. The monoisotopic (exact) mass is 326 g/mol. The Kier molecular flexibility index (Phi) is 4.63. The third-order valence-corrected chi connectivity index (χ3v) is 5.21. The second-order valence-corrected chi connectivity index (χ2v) is 7.11. The van der Waals surface area contributed by atoms with Crippen LogP contribution in [0.4, 0.5) is 0 Å². The van der Waals surface area contributed by atoms with Gasteiger partial charge in [0.1, 0.15) is 11.5 Å². The summed E-state index contributed by atoms with van der Waals surface area (Å²) in [6, 6.07) is 6.69. The van der Waals surface area contributed by atoms with Gasteiger partial charge in [-0.1, -0.05) is 11.2 Å². The molecule has 0 saturated carbocycles. The number of nitrogens with zero attached hydrogens (tertiary/aromatic N) is 3. The Balaban J connectivity index is 1.38. The summed E-state index contributed by atoms with van der Waals surface area (Å²) in [5, 5.41) is 8.04. The predicted octanol–water partition coefficient (Wildman–Crippen LogP) is 2.62. The first kappa shape index (κ1) is 15.8. The van der Waals surface area contributed by atoms with Crippen LogP contribution in [0.3, 0.4) is 0 Å². The number of likely N-dealkylation sites (tertiary alicyclic amines) is 1. The molecule has 0 aromatic carbocycles. The molecule has 24 heavy (non-hydrogen) atoms. The zero-order valence-electron chi connectivity index (χ0n) is 14.4. The van der Waals surface area contributed by atoms with Crippen molar-refractivity contribution in [1.29, 1.82) is 0 Å². The zero-order valence-corrected chi connectivity index (χ0v) is 14.4. The van der Waals surface area contributed by atoms with Crippen molar-refractivity contribution in [2.24, 2.45) is 0 Å². The highest BCUT2D eigenvalue weighted by molar-refractivity contribution is 5.27. The van der Waals surface area contributed by atoms with Gasteiger partial charge in [-0.05, 0) is 57.8 Å². The van der Waals surface area contributed by atoms with Gasteiger partial charge in [-0.2, -0.15) is 0 Å². The first-order chi connectivity index (χ1) is 11.8. The summed E-state index contributed by atoms with van der Waals surface area (Å²) in [7, 11) is 0. The maximum absolute atomic E-state index is 5.61. The Morgan fingerprint density at radius 3 is 3.00 bits per heavy atom. The molecule has 128 valence electrons. The lowest BCUT2D eigenvalue weighted by Crippen LogP contribution is -2.34. The average Bonchev–Trinajstić information content (AvgIpc) is 3.24. The summed E-state index contributed by atoms with van der Waals surface area (Å²) in [4.78, 5) is 7.07. The molecule has 1 N–H and O–H groups in total. The van der Waals surface area contributed by atoms with Crippen LogP contribution in [-0.4, -0.2) is 34.2 Å². The van der Waals surface area contributed by atoms with Crippen LogP contribution in [0.25, 0.3) is 0 Å². The Morgan fingerprint density at radius 2 is 2.17 bits per heavy atom. The number of nitrogens with one attached hydrogen (secondary N) is 1. The summed E-state index contributed by atoms with van der Waals surface area (Å²) in [6.07, 6.45) is 5.74. The van der Waals surface area contributed by atoms with E-state index in [0.29, 0.717) is 6.04 Å². The van der Waals surface area contributed by atoms with Crippen LogP contribution in [0.15, 0.2) is 22.7 Å². The fourth-order valence-corrected chi connectivity index (χ4v) is 3.86. The molecule has 0 spiro atoms. The van der Waals surface area contributed by atoms with Gasteiger partial charge in [0.05, 0.1) is 5.69 Å². The Morgan fingerprint density at radius 1 is 1.29 bits per heavy atom. The zero-order chi connectivity index (χ0) is 16.4. The third-order valence-electron chi connectivity index (χ3n) is 5.21. The molecule has 0 bridgehead atoms. The van der Waals surface area contributed by atoms with Crippen molar-refractivity contribution < 1.29 is 4.52 Å². The number of aryl methyl sites for hydroxylation is 2. The SMILES string of the molecule is Cc1cccc(CNC2CCc3onc(CN4CCCC4)c3C2)n1. The fraction of sp³-hybridized carbons (Fsp3) is 0.579. The van der Waals surface area contributed by atoms with E-state index in [1.54, 1.807) is 0 Å². The number of fused-ring (bicyclic) bond motifs is 1. The Hall–Kier alpha value is -1.72. The molecule has 2 aromatic heterocycles. The average molecular weight is 326 g/mol. The van der Waals surface area contributed by atoms with Crippen LogP contribution >= 0.6 is 0 Å². The van der Waals surface area contributed by atoms with E-state index in [-0.39, 0.29) is 0 Å². The Bertz CT molecular complexity index is 690. The number of aromatic nitrogens is 2. The second-order valence-electron chi connectivity index (χ2n) is 7.11. The van der Waals surface area contributed by atoms with Crippen LogP contribution in [0.2, 0.25) is 0 Å². The van der Waals surface area contributed by atoms with Crippen LogP contribution in [0.1, 0.15) is 47.7 Å². The lowest BCUT2D eigenvalue weighted by molar-refractivity contribution is 0.309. The van der Waals surface area contributed by atoms with E-state index in [4.69, 9.17) is 4.52 Å². The number of hydrogen-bond donors (Lipinski definition) is 1. The molecule has 1 fully saturated rings. The van der Waals surface area contributed by atoms with Crippen molar-refractivity contribution in [3.63, 3.8) is 0 Å². The molecule has 1 aliphatic heterocycles. The van der Waals surface area contributed by atoms with Crippen LogP contribution < -0.4 is 5.32 Å². The first-order valence-electron chi connectivity index (χ1n) is 9.12. The lowest BCUT2D eigenvalue weighted by Gasteiger charge is -2.23. The molecule has 5 heteroatoms. The van der Waals surface area contributed by atoms with Gasteiger partial charge >= 0.3 is 0 Å². The second kappa shape index (κ2) is 7.03. The molecule has 1 saturated heterocycles. The molecule has 3 heterocycles. The number of hydrogen-bond acceptors (Lipinski definition) is 5. The standard InChI is InChI=1S/C19H26N4O/c1-14-5-4-6-16(21-14)12-20-15-7-8-19-17(11-15)18(22-24-19)13-23-9-2-3-10-23/h4-6,15,20H,2-3,7-13H2,1H3. The van der Waals surface area contributed by atoms with Gasteiger partial charge < -0.3 is 9.84 Å². The van der Waals surface area contributed by atoms with Crippen molar-refractivity contribution in [1.82, 2.24) is 20.4 Å². The van der Waals surface area contributed by atoms with Gasteiger partial charge in [-0.25, -0.2) is 0 Å². The van der Waals surface area contributed by atoms with Gasteiger partial charge in [0.25, 0.3) is 0 Å². The van der Waals surface area contributed by atoms with Gasteiger partial charge in [-0.15, -0.1) is 0 Å². The van der Waals surface area contributed by atoms with Crippen molar-refractivity contribution >= 4 is 0 Å². The summed E-state index contributed by atoms with van der Waals surface area (Å²) in [6.45, 7) is 6.21. The summed E-state index contributed by atoms with van der Waals surface area (Å²) < 4.78 is 5.61. The van der Waals surface area contributed by atoms with E-state index in [9.17, 15) is 0 Å². The van der Waals surface area contributed by atoms with Gasteiger partial charge in [0, 0.05) is 36.8 Å². The highest BCUT2D eigenvalue weighted by Gasteiger charge is 2.26. The molecule has 2 aliphatic rings. The van der Waals surface area contributed by atoms with Crippen molar-refractivity contribution in [3.8, 4) is 0 Å².